The van der Waals surface area contributed by atoms with E-state index in [1.54, 1.807) is 7.05 Å². The van der Waals surface area contributed by atoms with Crippen LogP contribution in [0.3, 0.4) is 0 Å². The van der Waals surface area contributed by atoms with Gasteiger partial charge in [-0.05, 0) is 26.2 Å². The summed E-state index contributed by atoms with van der Waals surface area (Å²) in [5, 5.41) is 8.87. The minimum atomic E-state index is -1.01. The fourth-order valence-electron chi connectivity index (χ4n) is 1.94. The number of carbonyl (C=O) groups excluding carboxylic acids is 1. The van der Waals surface area contributed by atoms with Crippen molar-refractivity contribution < 1.29 is 19.4 Å². The Bertz CT molecular complexity index is 302. The van der Waals surface area contributed by atoms with Crippen LogP contribution in [0.2, 0.25) is 0 Å². The Labute approximate surface area is 107 Å². The summed E-state index contributed by atoms with van der Waals surface area (Å²) >= 11 is 0. The first-order valence-corrected chi connectivity index (χ1v) is 6.25. The van der Waals surface area contributed by atoms with Crippen LogP contribution in [0.4, 0.5) is 4.79 Å². The van der Waals surface area contributed by atoms with Gasteiger partial charge in [0.15, 0.2) is 0 Å². The number of nitrogens with zero attached hydrogens (tertiary/aromatic N) is 2. The molecule has 0 aromatic rings. The summed E-state index contributed by atoms with van der Waals surface area (Å²) in [6, 6.07) is -1.12. The van der Waals surface area contributed by atoms with E-state index in [-0.39, 0.29) is 12.1 Å². The number of likely N-dealkylation sites (N-methyl/N-ethyl adjacent to an activating group) is 2. The van der Waals surface area contributed by atoms with Crippen molar-refractivity contribution in [1.82, 2.24) is 9.80 Å². The van der Waals surface area contributed by atoms with E-state index in [1.165, 1.54) is 23.8 Å². The number of carboxylic acid groups (broad SMARTS) is 1. The van der Waals surface area contributed by atoms with Crippen molar-refractivity contribution in [2.75, 3.05) is 27.2 Å². The molecule has 1 N–H and O–H groups in total. The van der Waals surface area contributed by atoms with E-state index >= 15 is 0 Å². The van der Waals surface area contributed by atoms with Crippen molar-refractivity contribution >= 4 is 12.0 Å². The van der Waals surface area contributed by atoms with Crippen LogP contribution in [0.5, 0.6) is 0 Å². The molecule has 104 valence electrons. The number of carbonyl (C=O) groups is 2. The van der Waals surface area contributed by atoms with Gasteiger partial charge in [-0.15, -0.1) is 0 Å². The number of urea groups is 1. The Morgan fingerprint density at radius 3 is 2.56 bits per heavy atom. The molecule has 1 aliphatic rings. The fourth-order valence-corrected chi connectivity index (χ4v) is 1.94. The Morgan fingerprint density at radius 2 is 2.06 bits per heavy atom. The van der Waals surface area contributed by atoms with Gasteiger partial charge >= 0.3 is 12.0 Å². The lowest BCUT2D eigenvalue weighted by Crippen LogP contribution is -2.48. The van der Waals surface area contributed by atoms with Gasteiger partial charge in [0.1, 0.15) is 6.04 Å². The van der Waals surface area contributed by atoms with E-state index in [2.05, 4.69) is 0 Å². The lowest BCUT2D eigenvalue weighted by atomic mass is 10.1. The molecule has 0 spiro atoms. The third-order valence-corrected chi connectivity index (χ3v) is 3.32. The zero-order valence-corrected chi connectivity index (χ0v) is 11.3. The first-order valence-electron chi connectivity index (χ1n) is 6.25. The molecule has 1 heterocycles. The molecule has 0 aromatic carbocycles. The molecule has 1 saturated heterocycles. The van der Waals surface area contributed by atoms with Gasteiger partial charge in [0, 0.05) is 27.2 Å². The smallest absolute Gasteiger partial charge is 0.326 e. The predicted molar refractivity (Wildman–Crippen MR) is 66.5 cm³/mol. The molecule has 0 aromatic heterocycles. The number of carboxylic acids is 1. The summed E-state index contributed by atoms with van der Waals surface area (Å²) in [4.78, 5) is 25.6. The number of hydrogen-bond acceptors (Lipinski definition) is 3. The summed E-state index contributed by atoms with van der Waals surface area (Å²) in [6.45, 7) is 2.74. The topological polar surface area (TPSA) is 70.1 Å². The molecule has 6 nitrogen and oxygen atoms in total. The monoisotopic (exact) mass is 258 g/mol. The van der Waals surface area contributed by atoms with Gasteiger partial charge in [-0.1, -0.05) is 0 Å². The molecule has 1 aliphatic heterocycles. The Balaban J connectivity index is 2.46. The first kappa shape index (κ1) is 14.8. The van der Waals surface area contributed by atoms with Gasteiger partial charge < -0.3 is 19.6 Å². The second-order valence-electron chi connectivity index (χ2n) is 4.78. The molecule has 2 atom stereocenters. The van der Waals surface area contributed by atoms with Gasteiger partial charge in [0.2, 0.25) is 0 Å². The van der Waals surface area contributed by atoms with Crippen molar-refractivity contribution in [3.05, 3.63) is 0 Å². The van der Waals surface area contributed by atoms with Crippen molar-refractivity contribution in [3.63, 3.8) is 0 Å². The number of hydrogen-bond donors (Lipinski definition) is 1. The van der Waals surface area contributed by atoms with Crippen molar-refractivity contribution in [3.8, 4) is 0 Å². The van der Waals surface area contributed by atoms with E-state index in [4.69, 9.17) is 9.84 Å². The SMILES string of the molecule is CC(C(=O)O)N(C)C(=O)N(C)CC1CCCCO1. The summed E-state index contributed by atoms with van der Waals surface area (Å²) < 4.78 is 5.56. The van der Waals surface area contributed by atoms with Gasteiger partial charge in [-0.2, -0.15) is 0 Å². The normalized spacial score (nSPS) is 21.2. The quantitative estimate of drug-likeness (QED) is 0.817. The zero-order valence-electron chi connectivity index (χ0n) is 11.3. The molecule has 0 aliphatic carbocycles. The summed E-state index contributed by atoms with van der Waals surface area (Å²) in [7, 11) is 3.17. The van der Waals surface area contributed by atoms with Crippen LogP contribution in [-0.2, 0) is 9.53 Å². The Kier molecular flexibility index (Phi) is 5.40. The van der Waals surface area contributed by atoms with E-state index in [9.17, 15) is 9.59 Å². The molecule has 0 radical (unpaired) electrons. The van der Waals surface area contributed by atoms with Crippen LogP contribution < -0.4 is 0 Å². The summed E-state index contributed by atoms with van der Waals surface area (Å²) in [5.74, 6) is -1.01. The highest BCUT2D eigenvalue weighted by Crippen LogP contribution is 2.14. The molecule has 2 amide bonds. The van der Waals surface area contributed by atoms with Gasteiger partial charge in [-0.3, -0.25) is 0 Å². The van der Waals surface area contributed by atoms with Gasteiger partial charge in [0.05, 0.1) is 6.10 Å². The third-order valence-electron chi connectivity index (χ3n) is 3.32. The van der Waals surface area contributed by atoms with Crippen LogP contribution >= 0.6 is 0 Å². The molecule has 6 heteroatoms. The second kappa shape index (κ2) is 6.58. The minimum Gasteiger partial charge on any atom is -0.480 e. The van der Waals surface area contributed by atoms with Crippen molar-refractivity contribution in [1.29, 1.82) is 0 Å². The predicted octanol–water partition coefficient (Wildman–Crippen LogP) is 1.01. The highest BCUT2D eigenvalue weighted by Gasteiger charge is 2.26. The standard InChI is InChI=1S/C12H22N2O4/c1-9(11(15)16)14(3)12(17)13(2)8-10-6-4-5-7-18-10/h9-10H,4-8H2,1-3H3,(H,15,16). The number of rotatable bonds is 4. The van der Waals surface area contributed by atoms with Crippen molar-refractivity contribution in [2.24, 2.45) is 0 Å². The number of aliphatic carboxylic acids is 1. The minimum absolute atomic E-state index is 0.0706. The molecule has 1 fully saturated rings. The maximum atomic E-state index is 12.0. The number of amides is 2. The summed E-state index contributed by atoms with van der Waals surface area (Å²) in [5.41, 5.74) is 0. The summed E-state index contributed by atoms with van der Waals surface area (Å²) in [6.07, 6.45) is 3.22. The Morgan fingerprint density at radius 1 is 1.39 bits per heavy atom. The van der Waals surface area contributed by atoms with Crippen LogP contribution in [-0.4, -0.2) is 66.3 Å². The highest BCUT2D eigenvalue weighted by molar-refractivity contribution is 5.82. The molecule has 18 heavy (non-hydrogen) atoms. The molecular weight excluding hydrogens is 236 g/mol. The molecule has 1 rings (SSSR count). The zero-order chi connectivity index (χ0) is 13.7. The molecule has 0 bridgehead atoms. The lowest BCUT2D eigenvalue weighted by Gasteiger charge is -2.31. The van der Waals surface area contributed by atoms with Crippen LogP contribution in [0.25, 0.3) is 0 Å². The maximum absolute atomic E-state index is 12.0. The van der Waals surface area contributed by atoms with E-state index in [0.29, 0.717) is 6.54 Å². The largest absolute Gasteiger partial charge is 0.480 e. The van der Waals surface area contributed by atoms with Crippen LogP contribution in [0.15, 0.2) is 0 Å². The third kappa shape index (κ3) is 3.87. The second-order valence-corrected chi connectivity index (χ2v) is 4.78. The Hall–Kier alpha value is -1.30. The lowest BCUT2D eigenvalue weighted by molar-refractivity contribution is -0.141. The molecule has 2 unspecified atom stereocenters. The molecular formula is C12H22N2O4. The maximum Gasteiger partial charge on any atom is 0.326 e. The van der Waals surface area contributed by atoms with Gasteiger partial charge in [-0.25, -0.2) is 9.59 Å². The average Bonchev–Trinajstić information content (AvgIpc) is 2.37. The first-order chi connectivity index (χ1) is 8.43. The number of ether oxygens (including phenoxy) is 1. The van der Waals surface area contributed by atoms with Crippen molar-refractivity contribution in [2.45, 2.75) is 38.3 Å². The highest BCUT2D eigenvalue weighted by atomic mass is 16.5. The van der Waals surface area contributed by atoms with Crippen LogP contribution in [0.1, 0.15) is 26.2 Å². The van der Waals surface area contributed by atoms with E-state index in [0.717, 1.165) is 25.9 Å². The fraction of sp³-hybridized carbons (Fsp3) is 0.833. The average molecular weight is 258 g/mol. The van der Waals surface area contributed by atoms with E-state index < -0.39 is 12.0 Å². The van der Waals surface area contributed by atoms with E-state index in [1.807, 2.05) is 0 Å². The van der Waals surface area contributed by atoms with Crippen LogP contribution in [0, 0.1) is 0 Å². The molecule has 0 saturated carbocycles. The van der Waals surface area contributed by atoms with Gasteiger partial charge in [0.25, 0.3) is 0 Å².